The van der Waals surface area contributed by atoms with Crippen molar-refractivity contribution in [1.29, 1.82) is 0 Å². The van der Waals surface area contributed by atoms with Crippen LogP contribution < -0.4 is 14.8 Å². The minimum atomic E-state index is -0.365. The normalized spacial score (nSPS) is 10.7. The van der Waals surface area contributed by atoms with Gasteiger partial charge in [-0.05, 0) is 49.4 Å². The summed E-state index contributed by atoms with van der Waals surface area (Å²) in [4.78, 5) is 17.1. The minimum absolute atomic E-state index is 0.258. The topological polar surface area (TPSA) is 60.5 Å². The number of hydrogen-bond acceptors (Lipinski definition) is 4. The van der Waals surface area contributed by atoms with Gasteiger partial charge in [0.05, 0.1) is 15.7 Å². The van der Waals surface area contributed by atoms with E-state index < -0.39 is 0 Å². The Morgan fingerprint density at radius 2 is 1.71 bits per heavy atom. The number of benzene rings is 3. The number of halogens is 2. The first-order valence-electron chi connectivity index (χ1n) is 9.51. The van der Waals surface area contributed by atoms with E-state index in [1.165, 1.54) is 0 Å². The molecule has 0 aliphatic carbocycles. The molecular formula is C24H18Cl2N2O3. The number of carbonyl (C=O) groups is 1. The Kier molecular flexibility index (Phi) is 6.26. The summed E-state index contributed by atoms with van der Waals surface area (Å²) in [5, 5.41) is 4.27. The van der Waals surface area contributed by atoms with E-state index in [1.807, 2.05) is 61.5 Å². The number of fused-ring (bicyclic) bond motifs is 1. The van der Waals surface area contributed by atoms with E-state index in [1.54, 1.807) is 18.2 Å². The van der Waals surface area contributed by atoms with Crippen LogP contribution in [0, 0.1) is 6.92 Å². The van der Waals surface area contributed by atoms with E-state index in [4.69, 9.17) is 32.7 Å². The Morgan fingerprint density at radius 3 is 2.52 bits per heavy atom. The highest BCUT2D eigenvalue weighted by Crippen LogP contribution is 2.37. The Hall–Kier alpha value is -3.28. The second-order valence-corrected chi connectivity index (χ2v) is 7.58. The molecule has 0 fully saturated rings. The zero-order chi connectivity index (χ0) is 21.8. The van der Waals surface area contributed by atoms with Crippen molar-refractivity contribution in [2.75, 3.05) is 11.9 Å². The average molecular weight is 453 g/mol. The maximum Gasteiger partial charge on any atom is 0.262 e. The van der Waals surface area contributed by atoms with Crippen LogP contribution >= 0.6 is 23.2 Å². The molecule has 4 aromatic rings. The monoisotopic (exact) mass is 452 g/mol. The van der Waals surface area contributed by atoms with Crippen LogP contribution in [0.4, 0.5) is 5.69 Å². The minimum Gasteiger partial charge on any atom is -0.480 e. The molecule has 1 amide bonds. The number of nitrogens with zero attached hydrogens (tertiary/aromatic N) is 1. The largest absolute Gasteiger partial charge is 0.480 e. The van der Waals surface area contributed by atoms with Crippen molar-refractivity contribution in [1.82, 2.24) is 4.98 Å². The molecule has 4 rings (SSSR count). The number of nitrogens with one attached hydrogen (secondary N) is 1. The van der Waals surface area contributed by atoms with Gasteiger partial charge in [-0.15, -0.1) is 0 Å². The molecule has 0 spiro atoms. The van der Waals surface area contributed by atoms with Gasteiger partial charge < -0.3 is 14.8 Å². The quantitative estimate of drug-likeness (QED) is 0.355. The Balaban J connectivity index is 1.51. The van der Waals surface area contributed by atoms with Gasteiger partial charge in [0, 0.05) is 11.1 Å². The number of pyridine rings is 1. The van der Waals surface area contributed by atoms with Gasteiger partial charge in [-0.25, -0.2) is 4.98 Å². The van der Waals surface area contributed by atoms with Crippen molar-refractivity contribution in [2.24, 2.45) is 0 Å². The number of aryl methyl sites for hydroxylation is 1. The van der Waals surface area contributed by atoms with E-state index >= 15 is 0 Å². The Morgan fingerprint density at radius 1 is 0.968 bits per heavy atom. The molecule has 31 heavy (non-hydrogen) atoms. The summed E-state index contributed by atoms with van der Waals surface area (Å²) in [6.45, 7) is 1.60. The zero-order valence-corrected chi connectivity index (χ0v) is 18.1. The molecule has 1 heterocycles. The SMILES string of the molecule is Cc1ccc2c(Cl)cc(Cl)c(OCC(=O)Nc3ccccc3Oc3ccccc3)c2n1. The van der Waals surface area contributed by atoms with Crippen LogP contribution in [0.15, 0.2) is 72.8 Å². The highest BCUT2D eigenvalue weighted by molar-refractivity contribution is 6.39. The molecule has 1 N–H and O–H groups in total. The van der Waals surface area contributed by atoms with Gasteiger partial charge in [-0.3, -0.25) is 4.79 Å². The number of carbonyl (C=O) groups excluding carboxylic acids is 1. The molecule has 0 unspecified atom stereocenters. The third-order valence-corrected chi connectivity index (χ3v) is 5.05. The van der Waals surface area contributed by atoms with Crippen molar-refractivity contribution in [2.45, 2.75) is 6.92 Å². The zero-order valence-electron chi connectivity index (χ0n) is 16.6. The van der Waals surface area contributed by atoms with Crippen molar-refractivity contribution >= 4 is 45.7 Å². The highest BCUT2D eigenvalue weighted by atomic mass is 35.5. The Labute approximate surface area is 189 Å². The fraction of sp³-hybridized carbons (Fsp3) is 0.0833. The molecular weight excluding hydrogens is 435 g/mol. The van der Waals surface area contributed by atoms with E-state index in [-0.39, 0.29) is 17.5 Å². The predicted octanol–water partition coefficient (Wildman–Crippen LogP) is 6.66. The Bertz CT molecular complexity index is 1250. The molecule has 0 aliphatic rings. The van der Waals surface area contributed by atoms with E-state index in [0.29, 0.717) is 38.9 Å². The maximum absolute atomic E-state index is 12.6. The highest BCUT2D eigenvalue weighted by Gasteiger charge is 2.15. The summed E-state index contributed by atoms with van der Waals surface area (Å²) >= 11 is 12.6. The molecule has 3 aromatic carbocycles. The lowest BCUT2D eigenvalue weighted by molar-refractivity contribution is -0.118. The molecule has 1 aromatic heterocycles. The molecule has 0 atom stereocenters. The lowest BCUT2D eigenvalue weighted by Crippen LogP contribution is -2.20. The van der Waals surface area contributed by atoms with E-state index in [0.717, 1.165) is 5.69 Å². The van der Waals surface area contributed by atoms with Crippen molar-refractivity contribution in [3.05, 3.63) is 88.5 Å². The number of para-hydroxylation sites is 3. The first-order valence-corrected chi connectivity index (χ1v) is 10.3. The van der Waals surface area contributed by atoms with Gasteiger partial charge in [-0.2, -0.15) is 0 Å². The number of anilines is 1. The smallest absolute Gasteiger partial charge is 0.262 e. The lowest BCUT2D eigenvalue weighted by Gasteiger charge is -2.14. The van der Waals surface area contributed by atoms with E-state index in [9.17, 15) is 4.79 Å². The van der Waals surface area contributed by atoms with Gasteiger partial charge in [-0.1, -0.05) is 53.5 Å². The van der Waals surface area contributed by atoms with Crippen molar-refractivity contribution < 1.29 is 14.3 Å². The summed E-state index contributed by atoms with van der Waals surface area (Å²) in [6, 6.07) is 21.8. The fourth-order valence-corrected chi connectivity index (χ4v) is 3.60. The summed E-state index contributed by atoms with van der Waals surface area (Å²) in [7, 11) is 0. The van der Waals surface area contributed by atoms with E-state index in [2.05, 4.69) is 10.3 Å². The van der Waals surface area contributed by atoms with Gasteiger partial charge in [0.1, 0.15) is 11.3 Å². The van der Waals surface area contributed by atoms with Gasteiger partial charge in [0.15, 0.2) is 18.1 Å². The summed E-state index contributed by atoms with van der Waals surface area (Å²) in [5.41, 5.74) is 1.83. The summed E-state index contributed by atoms with van der Waals surface area (Å²) < 4.78 is 11.6. The van der Waals surface area contributed by atoms with Crippen LogP contribution in [0.2, 0.25) is 10.0 Å². The second-order valence-electron chi connectivity index (χ2n) is 6.77. The molecule has 0 saturated heterocycles. The summed E-state index contributed by atoms with van der Waals surface area (Å²) in [5.74, 6) is 1.14. The molecule has 156 valence electrons. The molecule has 0 saturated carbocycles. The molecule has 0 aliphatic heterocycles. The van der Waals surface area contributed by atoms with Crippen LogP contribution in [0.25, 0.3) is 10.9 Å². The number of hydrogen-bond donors (Lipinski definition) is 1. The number of rotatable bonds is 6. The number of aromatic nitrogens is 1. The molecule has 5 nitrogen and oxygen atoms in total. The van der Waals surface area contributed by atoms with Crippen molar-refractivity contribution in [3.8, 4) is 17.2 Å². The number of ether oxygens (including phenoxy) is 2. The molecule has 0 bridgehead atoms. The van der Waals surface area contributed by atoms with Crippen molar-refractivity contribution in [3.63, 3.8) is 0 Å². The summed E-state index contributed by atoms with van der Waals surface area (Å²) in [6.07, 6.45) is 0. The predicted molar refractivity (Wildman–Crippen MR) is 124 cm³/mol. The van der Waals surface area contributed by atoms with Crippen LogP contribution in [0.3, 0.4) is 0 Å². The van der Waals surface area contributed by atoms with Crippen LogP contribution in [-0.2, 0) is 4.79 Å². The third-order valence-electron chi connectivity index (χ3n) is 4.46. The van der Waals surface area contributed by atoms with Crippen LogP contribution in [0.5, 0.6) is 17.2 Å². The third kappa shape index (κ3) is 4.90. The number of amides is 1. The van der Waals surface area contributed by atoms with Crippen LogP contribution in [0.1, 0.15) is 5.69 Å². The lowest BCUT2D eigenvalue weighted by atomic mass is 10.2. The maximum atomic E-state index is 12.6. The average Bonchev–Trinajstić information content (AvgIpc) is 2.75. The first-order chi connectivity index (χ1) is 15.0. The first kappa shape index (κ1) is 21.0. The second kappa shape index (κ2) is 9.25. The fourth-order valence-electron chi connectivity index (χ4n) is 3.03. The molecule has 0 radical (unpaired) electrons. The standard InChI is InChI=1S/C24H18Cl2N2O3/c1-15-11-12-17-18(25)13-19(26)24(23(17)27-15)30-14-22(29)28-20-9-5-6-10-21(20)31-16-7-3-2-4-8-16/h2-13H,14H2,1H3,(H,28,29). The van der Waals surface area contributed by atoms with Gasteiger partial charge in [0.25, 0.3) is 5.91 Å². The van der Waals surface area contributed by atoms with Gasteiger partial charge >= 0.3 is 0 Å². The van der Waals surface area contributed by atoms with Crippen LogP contribution in [-0.4, -0.2) is 17.5 Å². The van der Waals surface area contributed by atoms with Gasteiger partial charge in [0.2, 0.25) is 0 Å². The molecule has 7 heteroatoms.